The van der Waals surface area contributed by atoms with Crippen molar-refractivity contribution in [2.24, 2.45) is 0 Å². The van der Waals surface area contributed by atoms with E-state index in [4.69, 9.17) is 21.1 Å². The van der Waals surface area contributed by atoms with Gasteiger partial charge in [-0.25, -0.2) is 9.78 Å². The van der Waals surface area contributed by atoms with Crippen LogP contribution in [0, 0.1) is 0 Å². The van der Waals surface area contributed by atoms with Gasteiger partial charge in [-0.15, -0.1) is 0 Å². The van der Waals surface area contributed by atoms with Crippen LogP contribution in [0.1, 0.15) is 47.3 Å². The van der Waals surface area contributed by atoms with Crippen molar-refractivity contribution in [3.63, 3.8) is 0 Å². The molecule has 2 heterocycles. The van der Waals surface area contributed by atoms with Gasteiger partial charge in [0, 0.05) is 37.4 Å². The number of nitrogens with zero attached hydrogens (tertiary/aromatic N) is 3. The van der Waals surface area contributed by atoms with Crippen molar-refractivity contribution in [1.82, 2.24) is 14.8 Å². The number of rotatable bonds is 10. The number of esters is 1. The summed E-state index contributed by atoms with van der Waals surface area (Å²) in [5.74, 6) is -0.0542. The standard InChI is InChI=1S/C29H34ClN3O3/c1-2-21-36-29(34)26-10-6-15-31-28(26)35-22-20-32-16-7-17-33(19-18-32)27(23-8-4-3-5-9-23)24-11-13-25(30)14-12-24/h3-6,8-15,27H,2,7,16-22H2,1H3. The Balaban J connectivity index is 1.36. The quantitative estimate of drug-likeness (QED) is 0.339. The van der Waals surface area contributed by atoms with Crippen LogP contribution in [0.2, 0.25) is 5.02 Å². The number of pyridine rings is 1. The topological polar surface area (TPSA) is 54.9 Å². The molecule has 1 aliphatic heterocycles. The molecule has 1 aromatic heterocycles. The SMILES string of the molecule is CCCOC(=O)c1cccnc1OCCN1CCCN(C(c2ccccc2)c2ccc(Cl)cc2)CC1. The maximum Gasteiger partial charge on any atom is 0.343 e. The minimum Gasteiger partial charge on any atom is -0.476 e. The summed E-state index contributed by atoms with van der Waals surface area (Å²) in [6.45, 7) is 7.47. The molecule has 7 heteroatoms. The van der Waals surface area contributed by atoms with E-state index in [9.17, 15) is 4.79 Å². The van der Waals surface area contributed by atoms with Crippen molar-refractivity contribution in [2.45, 2.75) is 25.8 Å². The van der Waals surface area contributed by atoms with Gasteiger partial charge in [0.05, 0.1) is 12.6 Å². The van der Waals surface area contributed by atoms with Gasteiger partial charge in [0.1, 0.15) is 12.2 Å². The van der Waals surface area contributed by atoms with E-state index in [0.717, 1.165) is 50.6 Å². The van der Waals surface area contributed by atoms with Crippen LogP contribution >= 0.6 is 11.6 Å². The lowest BCUT2D eigenvalue weighted by molar-refractivity contribution is 0.0498. The molecule has 0 amide bonds. The monoisotopic (exact) mass is 507 g/mol. The maximum atomic E-state index is 12.3. The zero-order chi connectivity index (χ0) is 25.2. The molecule has 36 heavy (non-hydrogen) atoms. The van der Waals surface area contributed by atoms with E-state index >= 15 is 0 Å². The van der Waals surface area contributed by atoms with Crippen molar-refractivity contribution in [3.8, 4) is 5.88 Å². The Morgan fingerprint density at radius 3 is 2.50 bits per heavy atom. The largest absolute Gasteiger partial charge is 0.476 e. The molecule has 3 aromatic rings. The number of carbonyl (C=O) groups is 1. The van der Waals surface area contributed by atoms with Gasteiger partial charge in [0.25, 0.3) is 0 Å². The molecule has 1 atom stereocenters. The lowest BCUT2D eigenvalue weighted by Crippen LogP contribution is -2.35. The summed E-state index contributed by atoms with van der Waals surface area (Å²) in [5.41, 5.74) is 2.91. The first kappa shape index (κ1) is 26.1. The second kappa shape index (κ2) is 13.4. The first-order valence-electron chi connectivity index (χ1n) is 12.7. The number of benzene rings is 2. The Morgan fingerprint density at radius 1 is 0.944 bits per heavy atom. The van der Waals surface area contributed by atoms with Gasteiger partial charge in [-0.05, 0) is 54.8 Å². The molecule has 1 saturated heterocycles. The molecule has 0 spiro atoms. The molecule has 0 N–H and O–H groups in total. The predicted molar refractivity (Wildman–Crippen MR) is 143 cm³/mol. The minimum absolute atomic E-state index is 0.185. The molecule has 1 unspecified atom stereocenters. The number of ether oxygens (including phenoxy) is 2. The summed E-state index contributed by atoms with van der Waals surface area (Å²) in [5, 5.41) is 0.752. The van der Waals surface area contributed by atoms with E-state index in [-0.39, 0.29) is 12.0 Å². The fourth-order valence-corrected chi connectivity index (χ4v) is 4.70. The lowest BCUT2D eigenvalue weighted by Gasteiger charge is -2.31. The summed E-state index contributed by atoms with van der Waals surface area (Å²) in [7, 11) is 0. The number of aromatic nitrogens is 1. The third-order valence-electron chi connectivity index (χ3n) is 6.36. The van der Waals surface area contributed by atoms with Crippen LogP contribution in [0.4, 0.5) is 0 Å². The molecule has 4 rings (SSSR count). The van der Waals surface area contributed by atoms with E-state index in [0.29, 0.717) is 24.7 Å². The van der Waals surface area contributed by atoms with Crippen molar-refractivity contribution in [1.29, 1.82) is 0 Å². The Morgan fingerprint density at radius 2 is 1.72 bits per heavy atom. The average Bonchev–Trinajstić information content (AvgIpc) is 3.15. The molecule has 190 valence electrons. The second-order valence-electron chi connectivity index (χ2n) is 8.94. The predicted octanol–water partition coefficient (Wildman–Crippen LogP) is 5.48. The highest BCUT2D eigenvalue weighted by Crippen LogP contribution is 2.30. The second-order valence-corrected chi connectivity index (χ2v) is 9.37. The van der Waals surface area contributed by atoms with Crippen molar-refractivity contribution < 1.29 is 14.3 Å². The van der Waals surface area contributed by atoms with Crippen LogP contribution in [0.5, 0.6) is 5.88 Å². The van der Waals surface area contributed by atoms with Crippen molar-refractivity contribution in [2.75, 3.05) is 45.9 Å². The fraction of sp³-hybridized carbons (Fsp3) is 0.379. The third kappa shape index (κ3) is 7.06. The fourth-order valence-electron chi connectivity index (χ4n) is 4.57. The van der Waals surface area contributed by atoms with Crippen LogP contribution in [0.3, 0.4) is 0 Å². The van der Waals surface area contributed by atoms with Gasteiger partial charge < -0.3 is 9.47 Å². The molecule has 2 aromatic carbocycles. The van der Waals surface area contributed by atoms with Crippen molar-refractivity contribution in [3.05, 3.63) is 94.6 Å². The third-order valence-corrected chi connectivity index (χ3v) is 6.62. The van der Waals surface area contributed by atoms with E-state index in [1.807, 2.05) is 19.1 Å². The van der Waals surface area contributed by atoms with E-state index < -0.39 is 0 Å². The zero-order valence-electron chi connectivity index (χ0n) is 20.8. The number of halogens is 1. The lowest BCUT2D eigenvalue weighted by atomic mass is 9.97. The van der Waals surface area contributed by atoms with Crippen LogP contribution in [0.25, 0.3) is 0 Å². The van der Waals surface area contributed by atoms with E-state index in [2.05, 4.69) is 57.2 Å². The molecule has 0 bridgehead atoms. The summed E-state index contributed by atoms with van der Waals surface area (Å²) >= 11 is 6.17. The normalized spacial score (nSPS) is 15.7. The van der Waals surface area contributed by atoms with Gasteiger partial charge >= 0.3 is 5.97 Å². The van der Waals surface area contributed by atoms with E-state index in [1.165, 1.54) is 11.1 Å². The number of hydrogen-bond acceptors (Lipinski definition) is 6. The highest BCUT2D eigenvalue weighted by atomic mass is 35.5. The highest BCUT2D eigenvalue weighted by Gasteiger charge is 2.25. The average molecular weight is 508 g/mol. The Hall–Kier alpha value is -2.93. The summed E-state index contributed by atoms with van der Waals surface area (Å²) < 4.78 is 11.2. The molecular formula is C29H34ClN3O3. The van der Waals surface area contributed by atoms with Gasteiger partial charge in [0.2, 0.25) is 5.88 Å². The molecular weight excluding hydrogens is 474 g/mol. The van der Waals surface area contributed by atoms with Gasteiger partial charge in [0.15, 0.2) is 0 Å². The molecule has 6 nitrogen and oxygen atoms in total. The number of hydrogen-bond donors (Lipinski definition) is 0. The van der Waals surface area contributed by atoms with E-state index in [1.54, 1.807) is 18.3 Å². The summed E-state index contributed by atoms with van der Waals surface area (Å²) in [6, 6.07) is 22.5. The summed E-state index contributed by atoms with van der Waals surface area (Å²) in [6.07, 6.45) is 3.47. The van der Waals surface area contributed by atoms with Crippen LogP contribution in [-0.2, 0) is 4.74 Å². The van der Waals surface area contributed by atoms with Crippen LogP contribution < -0.4 is 4.74 Å². The first-order valence-corrected chi connectivity index (χ1v) is 13.0. The molecule has 0 aliphatic carbocycles. The molecule has 1 aliphatic rings. The molecule has 0 saturated carbocycles. The maximum absolute atomic E-state index is 12.3. The minimum atomic E-state index is -0.389. The summed E-state index contributed by atoms with van der Waals surface area (Å²) in [4.78, 5) is 21.6. The zero-order valence-corrected chi connectivity index (χ0v) is 21.6. The Kier molecular flexibility index (Phi) is 9.73. The Labute approximate surface area is 218 Å². The van der Waals surface area contributed by atoms with Crippen molar-refractivity contribution >= 4 is 17.6 Å². The smallest absolute Gasteiger partial charge is 0.343 e. The Bertz CT molecular complexity index is 1090. The molecule has 1 fully saturated rings. The highest BCUT2D eigenvalue weighted by molar-refractivity contribution is 6.30. The molecule has 0 radical (unpaired) electrons. The van der Waals surface area contributed by atoms with Gasteiger partial charge in [-0.1, -0.05) is 61.0 Å². The number of carbonyl (C=O) groups excluding carboxylic acids is 1. The van der Waals surface area contributed by atoms with Crippen LogP contribution in [-0.4, -0.2) is 66.7 Å². The van der Waals surface area contributed by atoms with Gasteiger partial charge in [-0.2, -0.15) is 0 Å². The van der Waals surface area contributed by atoms with Crippen LogP contribution in [0.15, 0.2) is 72.9 Å². The van der Waals surface area contributed by atoms with Gasteiger partial charge in [-0.3, -0.25) is 9.80 Å². The first-order chi connectivity index (χ1) is 17.7.